The maximum Gasteiger partial charge on any atom is 0.440 e. The molecule has 0 saturated carbocycles. The van der Waals surface area contributed by atoms with E-state index >= 15 is 0 Å². The van der Waals surface area contributed by atoms with E-state index in [9.17, 15) is 9.00 Å². The zero-order valence-corrected chi connectivity index (χ0v) is 6.61. The molecular weight excluding hydrogens is 184 g/mol. The number of H-pyrrole nitrogens is 1. The van der Waals surface area contributed by atoms with E-state index in [-0.39, 0.29) is 5.03 Å². The Hall–Kier alpha value is -1.41. The molecule has 0 aliphatic carbocycles. The van der Waals surface area contributed by atoms with Crippen molar-refractivity contribution in [2.45, 2.75) is 5.03 Å². The molecular formula is C4H6N4O3S. The van der Waals surface area contributed by atoms with Gasteiger partial charge in [0.15, 0.2) is 9.92 Å². The summed E-state index contributed by atoms with van der Waals surface area (Å²) in [6, 6.07) is 1.30. The number of hydrogen-bond acceptors (Lipinski definition) is 3. The van der Waals surface area contributed by atoms with Gasteiger partial charge in [0, 0.05) is 0 Å². The molecule has 8 heteroatoms. The highest BCUT2D eigenvalue weighted by Gasteiger charge is 2.09. The number of nitrogens with one attached hydrogen (secondary N) is 1. The van der Waals surface area contributed by atoms with Crippen molar-refractivity contribution in [1.29, 1.82) is 0 Å². The number of amides is 1. The maximum absolute atomic E-state index is 11.2. The van der Waals surface area contributed by atoms with Crippen LogP contribution in [-0.2, 0) is 9.92 Å². The third-order valence-electron chi connectivity index (χ3n) is 1.00. The Morgan fingerprint density at radius 1 is 1.83 bits per heavy atom. The smallest absolute Gasteiger partial charge is 0.440 e. The van der Waals surface area contributed by atoms with Gasteiger partial charge >= 0.3 is 6.09 Å². The summed E-state index contributed by atoms with van der Waals surface area (Å²) in [5, 5.41) is 19.0. The summed E-state index contributed by atoms with van der Waals surface area (Å²) in [5.74, 6) is 0. The standard InChI is InChI=1S/C4H6N4O3S/c5-12(11,8-4(9)10)3-1-2-6-7-3/h1-2H,(H,6,7)(H,9,10)(H2,5,8,11). The molecule has 1 unspecified atom stereocenters. The van der Waals surface area contributed by atoms with E-state index in [1.807, 2.05) is 0 Å². The zero-order chi connectivity index (χ0) is 9.19. The molecule has 0 spiro atoms. The third kappa shape index (κ3) is 1.80. The highest BCUT2D eigenvalue weighted by atomic mass is 32.2. The normalized spacial score (nSPS) is 15.1. The molecule has 1 aromatic rings. The van der Waals surface area contributed by atoms with E-state index in [0.717, 1.165) is 0 Å². The lowest BCUT2D eigenvalue weighted by Gasteiger charge is -1.95. The molecule has 7 nitrogen and oxygen atoms in total. The highest BCUT2D eigenvalue weighted by molar-refractivity contribution is 7.91. The number of aromatic amines is 1. The number of carboxylic acid groups (broad SMARTS) is 1. The summed E-state index contributed by atoms with van der Waals surface area (Å²) in [4.78, 5) is 10.0. The quantitative estimate of drug-likeness (QED) is 0.567. The van der Waals surface area contributed by atoms with Crippen molar-refractivity contribution in [3.8, 4) is 0 Å². The molecule has 0 fully saturated rings. The van der Waals surface area contributed by atoms with Gasteiger partial charge in [-0.15, -0.1) is 4.36 Å². The van der Waals surface area contributed by atoms with Gasteiger partial charge in [-0.3, -0.25) is 5.10 Å². The maximum atomic E-state index is 11.2. The summed E-state index contributed by atoms with van der Waals surface area (Å²) in [5.41, 5.74) is 0. The van der Waals surface area contributed by atoms with Crippen molar-refractivity contribution >= 4 is 16.0 Å². The van der Waals surface area contributed by atoms with E-state index in [4.69, 9.17) is 10.2 Å². The zero-order valence-electron chi connectivity index (χ0n) is 5.80. The Bertz CT molecular complexity index is 388. The fourth-order valence-electron chi connectivity index (χ4n) is 0.571. The second kappa shape index (κ2) is 2.91. The topological polar surface area (TPSA) is 121 Å². The van der Waals surface area contributed by atoms with E-state index in [1.165, 1.54) is 12.3 Å². The molecule has 66 valence electrons. The second-order valence-electron chi connectivity index (χ2n) is 1.86. The first-order valence-corrected chi connectivity index (χ1v) is 4.37. The molecule has 1 aromatic heterocycles. The molecule has 0 aliphatic heterocycles. The first-order valence-electron chi connectivity index (χ1n) is 2.79. The van der Waals surface area contributed by atoms with Gasteiger partial charge in [0.1, 0.15) is 5.03 Å². The molecule has 4 N–H and O–H groups in total. The molecule has 0 aromatic carbocycles. The van der Waals surface area contributed by atoms with Crippen LogP contribution in [0, 0.1) is 0 Å². The van der Waals surface area contributed by atoms with Crippen LogP contribution in [0.3, 0.4) is 0 Å². The van der Waals surface area contributed by atoms with Crippen LogP contribution in [0.25, 0.3) is 0 Å². The molecule has 1 amide bonds. The van der Waals surface area contributed by atoms with E-state index in [0.29, 0.717) is 0 Å². The van der Waals surface area contributed by atoms with Crippen LogP contribution in [0.4, 0.5) is 4.79 Å². The molecule has 12 heavy (non-hydrogen) atoms. The number of carbonyl (C=O) groups is 1. The number of aromatic nitrogens is 2. The third-order valence-corrected chi connectivity index (χ3v) is 2.29. The van der Waals surface area contributed by atoms with Crippen LogP contribution in [-0.4, -0.2) is 25.6 Å². The molecule has 0 radical (unpaired) electrons. The van der Waals surface area contributed by atoms with Crippen LogP contribution >= 0.6 is 0 Å². The Labute approximate surface area is 67.9 Å². The average Bonchev–Trinajstić information content (AvgIpc) is 2.32. The molecule has 1 atom stereocenters. The molecule has 1 rings (SSSR count). The van der Waals surface area contributed by atoms with Crippen molar-refractivity contribution in [1.82, 2.24) is 10.2 Å². The lowest BCUT2D eigenvalue weighted by atomic mass is 10.8. The van der Waals surface area contributed by atoms with Crippen molar-refractivity contribution < 1.29 is 14.1 Å². The minimum absolute atomic E-state index is 0.00935. The molecule has 0 aliphatic rings. The summed E-state index contributed by atoms with van der Waals surface area (Å²) in [7, 11) is -3.36. The fourth-order valence-corrected chi connectivity index (χ4v) is 1.34. The van der Waals surface area contributed by atoms with E-state index in [1.54, 1.807) is 0 Å². The summed E-state index contributed by atoms with van der Waals surface area (Å²) in [6.45, 7) is 0. The molecule has 0 bridgehead atoms. The first kappa shape index (κ1) is 8.68. The number of nitrogens with zero attached hydrogens (tertiary/aromatic N) is 2. The van der Waals surface area contributed by atoms with Gasteiger partial charge in [-0.05, 0) is 6.07 Å². The summed E-state index contributed by atoms with van der Waals surface area (Å²) < 4.78 is 14.0. The number of rotatable bonds is 1. The van der Waals surface area contributed by atoms with Gasteiger partial charge in [-0.1, -0.05) is 0 Å². The van der Waals surface area contributed by atoms with Gasteiger partial charge in [-0.25, -0.2) is 14.1 Å². The first-order chi connectivity index (χ1) is 5.52. The highest BCUT2D eigenvalue weighted by Crippen LogP contribution is 2.02. The van der Waals surface area contributed by atoms with Crippen molar-refractivity contribution in [3.63, 3.8) is 0 Å². The van der Waals surface area contributed by atoms with Crippen LogP contribution < -0.4 is 5.14 Å². The lowest BCUT2D eigenvalue weighted by molar-refractivity contribution is 0.206. The predicted octanol–water partition coefficient (Wildman–Crippen LogP) is -0.212. The van der Waals surface area contributed by atoms with Crippen LogP contribution in [0.5, 0.6) is 0 Å². The van der Waals surface area contributed by atoms with E-state index in [2.05, 4.69) is 14.6 Å². The lowest BCUT2D eigenvalue weighted by Crippen LogP contribution is -2.14. The number of nitrogens with two attached hydrogens (primary N) is 1. The minimum atomic E-state index is -3.36. The van der Waals surface area contributed by atoms with Crippen molar-refractivity contribution in [2.24, 2.45) is 9.50 Å². The second-order valence-corrected chi connectivity index (χ2v) is 3.62. The Morgan fingerprint density at radius 2 is 2.50 bits per heavy atom. The van der Waals surface area contributed by atoms with Gasteiger partial charge in [0.25, 0.3) is 0 Å². The minimum Gasteiger partial charge on any atom is -0.463 e. The van der Waals surface area contributed by atoms with Crippen molar-refractivity contribution in [3.05, 3.63) is 12.3 Å². The largest absolute Gasteiger partial charge is 0.463 e. The summed E-state index contributed by atoms with van der Waals surface area (Å²) >= 11 is 0. The molecule has 0 saturated heterocycles. The van der Waals surface area contributed by atoms with Gasteiger partial charge < -0.3 is 5.11 Å². The van der Waals surface area contributed by atoms with Crippen LogP contribution in [0.2, 0.25) is 0 Å². The number of hydrogen-bond donors (Lipinski definition) is 3. The predicted molar refractivity (Wildman–Crippen MR) is 39.6 cm³/mol. The Balaban J connectivity index is 3.20. The van der Waals surface area contributed by atoms with Gasteiger partial charge in [-0.2, -0.15) is 5.10 Å². The SMILES string of the molecule is NS(=O)(=NC(=O)O)c1ccn[nH]1. The van der Waals surface area contributed by atoms with Crippen LogP contribution in [0.15, 0.2) is 21.7 Å². The average molecular weight is 190 g/mol. The van der Waals surface area contributed by atoms with Gasteiger partial charge in [0.05, 0.1) is 6.20 Å². The van der Waals surface area contributed by atoms with Crippen LogP contribution in [0.1, 0.15) is 0 Å². The Morgan fingerprint density at radius 3 is 2.92 bits per heavy atom. The monoisotopic (exact) mass is 190 g/mol. The molecule has 1 heterocycles. The van der Waals surface area contributed by atoms with Gasteiger partial charge in [0.2, 0.25) is 0 Å². The van der Waals surface area contributed by atoms with E-state index < -0.39 is 16.0 Å². The van der Waals surface area contributed by atoms with Crippen molar-refractivity contribution in [2.75, 3.05) is 0 Å². The summed E-state index contributed by atoms with van der Waals surface area (Å²) in [6.07, 6.45) is -0.267. The Kier molecular flexibility index (Phi) is 2.11. The fraction of sp³-hybridized carbons (Fsp3) is 0.